The summed E-state index contributed by atoms with van der Waals surface area (Å²) in [7, 11) is 0. The lowest BCUT2D eigenvalue weighted by atomic mass is 9.96. The Morgan fingerprint density at radius 3 is 2.62 bits per heavy atom. The van der Waals surface area contributed by atoms with Gasteiger partial charge in [-0.25, -0.2) is 14.8 Å². The number of pyridine rings is 1. The fraction of sp³-hybridized carbons (Fsp3) is 0.250. The predicted molar refractivity (Wildman–Crippen MR) is 101 cm³/mol. The second-order valence-electron chi connectivity index (χ2n) is 6.42. The van der Waals surface area contributed by atoms with Crippen molar-refractivity contribution >= 4 is 6.03 Å². The smallest absolute Gasteiger partial charge is 0.315 e. The first kappa shape index (κ1) is 17.7. The fourth-order valence-corrected chi connectivity index (χ4v) is 2.85. The molecule has 134 valence electrons. The standard InChI is InChI=1S/C20H23N5O/c1-15(2)18(16-7-4-3-5-8-16)24-20(26)23-13-17-9-6-10-22-19(17)25-12-11-21-14-25/h3-12,14-15,18H,13H2,1-2H3,(H2,23,24,26). The van der Waals surface area contributed by atoms with Gasteiger partial charge in [-0.1, -0.05) is 50.2 Å². The number of aromatic nitrogens is 3. The first-order valence-corrected chi connectivity index (χ1v) is 8.66. The number of carbonyl (C=O) groups excluding carboxylic acids is 1. The number of amides is 2. The van der Waals surface area contributed by atoms with E-state index < -0.39 is 0 Å². The van der Waals surface area contributed by atoms with Crippen molar-refractivity contribution in [3.63, 3.8) is 0 Å². The van der Waals surface area contributed by atoms with E-state index in [1.165, 1.54) is 0 Å². The van der Waals surface area contributed by atoms with Crippen LogP contribution in [0.15, 0.2) is 67.4 Å². The molecule has 2 N–H and O–H groups in total. The number of nitrogens with zero attached hydrogens (tertiary/aromatic N) is 3. The maximum absolute atomic E-state index is 12.4. The van der Waals surface area contributed by atoms with Crippen molar-refractivity contribution in [3.8, 4) is 5.82 Å². The van der Waals surface area contributed by atoms with Crippen LogP contribution in [0.2, 0.25) is 0 Å². The van der Waals surface area contributed by atoms with E-state index in [-0.39, 0.29) is 18.0 Å². The number of rotatable bonds is 6. The van der Waals surface area contributed by atoms with Crippen LogP contribution in [-0.4, -0.2) is 20.6 Å². The van der Waals surface area contributed by atoms with E-state index in [0.29, 0.717) is 6.54 Å². The van der Waals surface area contributed by atoms with E-state index in [4.69, 9.17) is 0 Å². The first-order chi connectivity index (χ1) is 12.6. The van der Waals surface area contributed by atoms with Crippen LogP contribution in [0.5, 0.6) is 0 Å². The van der Waals surface area contributed by atoms with Gasteiger partial charge >= 0.3 is 6.03 Å². The van der Waals surface area contributed by atoms with E-state index >= 15 is 0 Å². The molecular weight excluding hydrogens is 326 g/mol. The molecule has 2 heterocycles. The largest absolute Gasteiger partial charge is 0.334 e. The van der Waals surface area contributed by atoms with Crippen LogP contribution >= 0.6 is 0 Å². The summed E-state index contributed by atoms with van der Waals surface area (Å²) >= 11 is 0. The third-order valence-electron chi connectivity index (χ3n) is 4.17. The lowest BCUT2D eigenvalue weighted by molar-refractivity contribution is 0.232. The monoisotopic (exact) mass is 349 g/mol. The van der Waals surface area contributed by atoms with Crippen molar-refractivity contribution in [2.45, 2.75) is 26.4 Å². The van der Waals surface area contributed by atoms with Crippen molar-refractivity contribution in [1.29, 1.82) is 0 Å². The molecule has 0 saturated carbocycles. The summed E-state index contributed by atoms with van der Waals surface area (Å²) in [4.78, 5) is 20.9. The summed E-state index contributed by atoms with van der Waals surface area (Å²) in [5.74, 6) is 1.04. The minimum atomic E-state index is -0.201. The zero-order valence-electron chi connectivity index (χ0n) is 15.0. The number of imidazole rings is 1. The van der Waals surface area contributed by atoms with Gasteiger partial charge < -0.3 is 10.6 Å². The van der Waals surface area contributed by atoms with Gasteiger partial charge in [0.15, 0.2) is 0 Å². The molecule has 2 amide bonds. The molecule has 1 atom stereocenters. The van der Waals surface area contributed by atoms with Gasteiger partial charge in [-0.15, -0.1) is 0 Å². The molecule has 0 bridgehead atoms. The van der Waals surface area contributed by atoms with Gasteiger partial charge in [-0.05, 0) is 17.5 Å². The van der Waals surface area contributed by atoms with Crippen molar-refractivity contribution < 1.29 is 4.79 Å². The third kappa shape index (κ3) is 4.27. The van der Waals surface area contributed by atoms with Crippen molar-refractivity contribution in [3.05, 3.63) is 78.5 Å². The Hall–Kier alpha value is -3.15. The third-order valence-corrected chi connectivity index (χ3v) is 4.17. The second kappa shape index (κ2) is 8.29. The molecule has 1 aromatic carbocycles. The van der Waals surface area contributed by atoms with Crippen LogP contribution in [0.4, 0.5) is 4.79 Å². The molecule has 6 nitrogen and oxygen atoms in total. The van der Waals surface area contributed by atoms with E-state index in [2.05, 4.69) is 34.4 Å². The molecule has 6 heteroatoms. The summed E-state index contributed by atoms with van der Waals surface area (Å²) in [6.45, 7) is 4.57. The van der Waals surface area contributed by atoms with Crippen molar-refractivity contribution in [2.24, 2.45) is 5.92 Å². The summed E-state index contributed by atoms with van der Waals surface area (Å²) in [6.07, 6.45) is 6.95. The molecule has 26 heavy (non-hydrogen) atoms. The topological polar surface area (TPSA) is 71.8 Å². The number of benzene rings is 1. The van der Waals surface area contributed by atoms with Crippen LogP contribution < -0.4 is 10.6 Å². The highest BCUT2D eigenvalue weighted by Crippen LogP contribution is 2.21. The lowest BCUT2D eigenvalue weighted by Crippen LogP contribution is -2.39. The highest BCUT2D eigenvalue weighted by atomic mass is 16.2. The Morgan fingerprint density at radius 2 is 1.92 bits per heavy atom. The fourth-order valence-electron chi connectivity index (χ4n) is 2.85. The van der Waals surface area contributed by atoms with E-state index in [9.17, 15) is 4.79 Å². The van der Waals surface area contributed by atoms with Crippen LogP contribution in [-0.2, 0) is 6.54 Å². The molecule has 1 unspecified atom stereocenters. The zero-order valence-corrected chi connectivity index (χ0v) is 15.0. The van der Waals surface area contributed by atoms with Gasteiger partial charge in [-0.3, -0.25) is 4.57 Å². The Labute approximate surface area is 153 Å². The molecular formula is C20H23N5O. The molecule has 0 spiro atoms. The number of carbonyl (C=O) groups is 1. The van der Waals surface area contributed by atoms with Crippen LogP contribution in [0, 0.1) is 5.92 Å². The van der Waals surface area contributed by atoms with Gasteiger partial charge in [-0.2, -0.15) is 0 Å². The van der Waals surface area contributed by atoms with Crippen LogP contribution in [0.1, 0.15) is 31.0 Å². The summed E-state index contributed by atoms with van der Waals surface area (Å²) in [6, 6.07) is 13.6. The zero-order chi connectivity index (χ0) is 18.4. The average molecular weight is 349 g/mol. The summed E-state index contributed by atoms with van der Waals surface area (Å²) in [5.41, 5.74) is 2.01. The van der Waals surface area contributed by atoms with Crippen LogP contribution in [0.3, 0.4) is 0 Å². The van der Waals surface area contributed by atoms with Gasteiger partial charge in [0.25, 0.3) is 0 Å². The Morgan fingerprint density at radius 1 is 1.12 bits per heavy atom. The Bertz CT molecular complexity index is 830. The minimum absolute atomic E-state index is 0.0433. The van der Waals surface area contributed by atoms with E-state index in [1.807, 2.05) is 53.2 Å². The quantitative estimate of drug-likeness (QED) is 0.716. The first-order valence-electron chi connectivity index (χ1n) is 8.66. The summed E-state index contributed by atoms with van der Waals surface area (Å²) in [5, 5.41) is 6.00. The lowest BCUT2D eigenvalue weighted by Gasteiger charge is -2.23. The van der Waals surface area contributed by atoms with Crippen molar-refractivity contribution in [1.82, 2.24) is 25.2 Å². The Kier molecular flexibility index (Phi) is 5.63. The highest BCUT2D eigenvalue weighted by Gasteiger charge is 2.18. The number of urea groups is 1. The molecule has 0 aliphatic rings. The van der Waals surface area contributed by atoms with Gasteiger partial charge in [0.2, 0.25) is 0 Å². The number of hydrogen-bond acceptors (Lipinski definition) is 3. The highest BCUT2D eigenvalue weighted by molar-refractivity contribution is 5.74. The van der Waals surface area contributed by atoms with Crippen LogP contribution in [0.25, 0.3) is 5.82 Å². The normalized spacial score (nSPS) is 12.0. The maximum atomic E-state index is 12.4. The molecule has 0 radical (unpaired) electrons. The van der Waals surface area contributed by atoms with Crippen molar-refractivity contribution in [2.75, 3.05) is 0 Å². The molecule has 0 aliphatic carbocycles. The average Bonchev–Trinajstić information content (AvgIpc) is 3.20. The van der Waals surface area contributed by atoms with E-state index in [1.54, 1.807) is 18.7 Å². The van der Waals surface area contributed by atoms with Gasteiger partial charge in [0.05, 0.1) is 6.04 Å². The predicted octanol–water partition coefficient (Wildman–Crippen LogP) is 3.46. The maximum Gasteiger partial charge on any atom is 0.315 e. The molecule has 0 aliphatic heterocycles. The van der Waals surface area contributed by atoms with E-state index in [0.717, 1.165) is 16.9 Å². The number of hydrogen-bond donors (Lipinski definition) is 2. The molecule has 2 aromatic heterocycles. The molecule has 3 rings (SSSR count). The van der Waals surface area contributed by atoms with Gasteiger partial charge in [0, 0.05) is 30.7 Å². The Balaban J connectivity index is 1.66. The minimum Gasteiger partial charge on any atom is -0.334 e. The molecule has 0 fully saturated rings. The number of nitrogens with one attached hydrogen (secondary N) is 2. The summed E-state index contributed by atoms with van der Waals surface area (Å²) < 4.78 is 1.83. The molecule has 3 aromatic rings. The SMILES string of the molecule is CC(C)C(NC(=O)NCc1cccnc1-n1ccnc1)c1ccccc1. The second-order valence-corrected chi connectivity index (χ2v) is 6.42. The van der Waals surface area contributed by atoms with Gasteiger partial charge in [0.1, 0.15) is 12.1 Å². The molecule has 0 saturated heterocycles.